The van der Waals surface area contributed by atoms with Gasteiger partial charge in [0.25, 0.3) is 0 Å². The van der Waals surface area contributed by atoms with Crippen LogP contribution in [-0.4, -0.2) is 11.7 Å². The van der Waals surface area contributed by atoms with Crippen LogP contribution in [0.15, 0.2) is 12.2 Å². The zero-order valence-electron chi connectivity index (χ0n) is 5.64. The summed E-state index contributed by atoms with van der Waals surface area (Å²) in [6, 6.07) is 0. The van der Waals surface area contributed by atoms with Gasteiger partial charge in [-0.25, -0.2) is 0 Å². The van der Waals surface area contributed by atoms with Crippen LogP contribution >= 0.6 is 0 Å². The minimum Gasteiger partial charge on any atom is -0.362 e. The molecule has 1 aliphatic heterocycles. The van der Waals surface area contributed by atoms with Gasteiger partial charge in [0, 0.05) is 0 Å². The predicted molar refractivity (Wildman–Crippen MR) is 33.8 cm³/mol. The molecule has 1 nitrogen and oxygen atoms in total. The fourth-order valence-corrected chi connectivity index (χ4v) is 0.853. The van der Waals surface area contributed by atoms with E-state index < -0.39 is 0 Å². The van der Waals surface area contributed by atoms with E-state index in [9.17, 15) is 0 Å². The van der Waals surface area contributed by atoms with Crippen molar-refractivity contribution in [1.82, 2.24) is 0 Å². The summed E-state index contributed by atoms with van der Waals surface area (Å²) in [4.78, 5) is 0. The normalized spacial score (nSPS) is 45.6. The molecule has 2 unspecified atom stereocenters. The third-order valence-electron chi connectivity index (χ3n) is 1.68. The second-order valence-corrected chi connectivity index (χ2v) is 2.44. The zero-order valence-corrected chi connectivity index (χ0v) is 5.64. The highest BCUT2D eigenvalue weighted by atomic mass is 16.6. The zero-order chi connectivity index (χ0) is 6.20. The Bertz CT molecular complexity index is 118. The number of epoxide rings is 1. The molecule has 0 N–H and O–H groups in total. The molecule has 1 heterocycles. The fourth-order valence-electron chi connectivity index (χ4n) is 0.853. The Labute approximate surface area is 50.3 Å². The molecule has 0 aromatic rings. The fraction of sp³-hybridized carbons (Fsp3) is 0.714. The molecule has 0 amide bonds. The molecule has 8 heavy (non-hydrogen) atoms. The minimum atomic E-state index is 0.0781. The predicted octanol–water partition coefficient (Wildman–Crippen LogP) is 1.74. The van der Waals surface area contributed by atoms with Gasteiger partial charge in [-0.15, -0.1) is 0 Å². The van der Waals surface area contributed by atoms with Crippen LogP contribution in [0.5, 0.6) is 0 Å². The molecule has 46 valence electrons. The second-order valence-electron chi connectivity index (χ2n) is 2.44. The van der Waals surface area contributed by atoms with Crippen LogP contribution in [0.3, 0.4) is 0 Å². The molecule has 0 saturated carbocycles. The van der Waals surface area contributed by atoms with Crippen molar-refractivity contribution in [1.29, 1.82) is 0 Å². The molecule has 0 bridgehead atoms. The SMILES string of the molecule is CC=CC1(C)OC1C. The van der Waals surface area contributed by atoms with Gasteiger partial charge in [-0.2, -0.15) is 0 Å². The van der Waals surface area contributed by atoms with E-state index in [0.29, 0.717) is 6.10 Å². The number of hydrogen-bond donors (Lipinski definition) is 0. The Balaban J connectivity index is 2.47. The highest BCUT2D eigenvalue weighted by molar-refractivity contribution is 5.11. The molecule has 0 aromatic heterocycles. The van der Waals surface area contributed by atoms with Crippen LogP contribution in [-0.2, 0) is 4.74 Å². The van der Waals surface area contributed by atoms with E-state index in [4.69, 9.17) is 4.74 Å². The maximum Gasteiger partial charge on any atom is 0.110 e. The Morgan fingerprint density at radius 3 is 2.25 bits per heavy atom. The van der Waals surface area contributed by atoms with Crippen LogP contribution in [0.1, 0.15) is 20.8 Å². The third kappa shape index (κ3) is 0.781. The largest absolute Gasteiger partial charge is 0.362 e. The molecule has 1 saturated heterocycles. The molecule has 0 aromatic carbocycles. The molecule has 0 radical (unpaired) electrons. The topological polar surface area (TPSA) is 12.5 Å². The van der Waals surface area contributed by atoms with Crippen molar-refractivity contribution in [2.75, 3.05) is 0 Å². The summed E-state index contributed by atoms with van der Waals surface area (Å²) in [5, 5.41) is 0. The first kappa shape index (κ1) is 5.83. The summed E-state index contributed by atoms with van der Waals surface area (Å²) in [5.74, 6) is 0. The smallest absolute Gasteiger partial charge is 0.110 e. The van der Waals surface area contributed by atoms with Gasteiger partial charge in [0.05, 0.1) is 6.10 Å². The van der Waals surface area contributed by atoms with Crippen molar-refractivity contribution in [3.63, 3.8) is 0 Å². The van der Waals surface area contributed by atoms with E-state index in [2.05, 4.69) is 19.9 Å². The first-order valence-corrected chi connectivity index (χ1v) is 3.01. The van der Waals surface area contributed by atoms with E-state index in [-0.39, 0.29) is 5.60 Å². The van der Waals surface area contributed by atoms with E-state index in [1.807, 2.05) is 13.0 Å². The first-order valence-electron chi connectivity index (χ1n) is 3.01. The van der Waals surface area contributed by atoms with E-state index in [0.717, 1.165) is 0 Å². The van der Waals surface area contributed by atoms with Crippen molar-refractivity contribution < 1.29 is 4.74 Å². The molecule has 1 heteroatoms. The van der Waals surface area contributed by atoms with Gasteiger partial charge in [0.15, 0.2) is 0 Å². The van der Waals surface area contributed by atoms with Gasteiger partial charge in [0.2, 0.25) is 0 Å². The van der Waals surface area contributed by atoms with Gasteiger partial charge >= 0.3 is 0 Å². The lowest BCUT2D eigenvalue weighted by Gasteiger charge is -1.91. The van der Waals surface area contributed by atoms with Gasteiger partial charge in [0.1, 0.15) is 5.60 Å². The molecule has 2 atom stereocenters. The lowest BCUT2D eigenvalue weighted by atomic mass is 10.1. The van der Waals surface area contributed by atoms with Crippen molar-refractivity contribution in [3.8, 4) is 0 Å². The van der Waals surface area contributed by atoms with Crippen molar-refractivity contribution in [2.45, 2.75) is 32.5 Å². The lowest BCUT2D eigenvalue weighted by Crippen LogP contribution is -2.01. The maximum atomic E-state index is 5.26. The highest BCUT2D eigenvalue weighted by Gasteiger charge is 2.45. The van der Waals surface area contributed by atoms with Crippen LogP contribution in [0.2, 0.25) is 0 Å². The molecular weight excluding hydrogens is 100 g/mol. The van der Waals surface area contributed by atoms with Gasteiger partial charge in [-0.05, 0) is 20.8 Å². The Morgan fingerprint density at radius 2 is 2.12 bits per heavy atom. The summed E-state index contributed by atoms with van der Waals surface area (Å²) in [5.41, 5.74) is 0.0781. The van der Waals surface area contributed by atoms with Crippen LogP contribution in [0.25, 0.3) is 0 Å². The van der Waals surface area contributed by atoms with Crippen LogP contribution < -0.4 is 0 Å². The summed E-state index contributed by atoms with van der Waals surface area (Å²) in [6.07, 6.45) is 4.56. The quantitative estimate of drug-likeness (QED) is 0.372. The summed E-state index contributed by atoms with van der Waals surface area (Å²) in [7, 11) is 0. The Kier molecular flexibility index (Phi) is 1.16. The van der Waals surface area contributed by atoms with E-state index in [1.165, 1.54) is 0 Å². The monoisotopic (exact) mass is 112 g/mol. The summed E-state index contributed by atoms with van der Waals surface area (Å²) in [6.45, 7) is 6.19. The van der Waals surface area contributed by atoms with E-state index >= 15 is 0 Å². The molecule has 0 aliphatic carbocycles. The van der Waals surface area contributed by atoms with Gasteiger partial charge in [-0.1, -0.05) is 12.2 Å². The first-order chi connectivity index (χ1) is 3.69. The van der Waals surface area contributed by atoms with Gasteiger partial charge < -0.3 is 4.74 Å². The number of rotatable bonds is 1. The van der Waals surface area contributed by atoms with Crippen LogP contribution in [0.4, 0.5) is 0 Å². The van der Waals surface area contributed by atoms with Gasteiger partial charge in [-0.3, -0.25) is 0 Å². The molecule has 1 fully saturated rings. The molecule has 1 aliphatic rings. The van der Waals surface area contributed by atoms with Crippen molar-refractivity contribution in [3.05, 3.63) is 12.2 Å². The third-order valence-corrected chi connectivity index (χ3v) is 1.68. The van der Waals surface area contributed by atoms with Crippen molar-refractivity contribution in [2.24, 2.45) is 0 Å². The second kappa shape index (κ2) is 1.59. The number of allylic oxidation sites excluding steroid dienone is 1. The average molecular weight is 112 g/mol. The maximum absolute atomic E-state index is 5.26. The minimum absolute atomic E-state index is 0.0781. The number of ether oxygens (including phenoxy) is 1. The summed E-state index contributed by atoms with van der Waals surface area (Å²) >= 11 is 0. The summed E-state index contributed by atoms with van der Waals surface area (Å²) < 4.78 is 5.26. The molecule has 1 rings (SSSR count). The van der Waals surface area contributed by atoms with Crippen LogP contribution in [0, 0.1) is 0 Å². The Hall–Kier alpha value is -0.300. The van der Waals surface area contributed by atoms with Crippen molar-refractivity contribution >= 4 is 0 Å². The lowest BCUT2D eigenvalue weighted by molar-refractivity contribution is 0.349. The highest BCUT2D eigenvalue weighted by Crippen LogP contribution is 2.36. The Morgan fingerprint density at radius 1 is 1.62 bits per heavy atom. The average Bonchev–Trinajstić information content (AvgIpc) is 2.16. The molecule has 0 spiro atoms. The standard InChI is InChI=1S/C7H12O/c1-4-5-7(3)6(2)8-7/h4-6H,1-3H3. The molecular formula is C7H12O. The van der Waals surface area contributed by atoms with E-state index in [1.54, 1.807) is 0 Å². The number of hydrogen-bond acceptors (Lipinski definition) is 1.